The third-order valence-corrected chi connectivity index (χ3v) is 3.20. The Morgan fingerprint density at radius 1 is 1.21 bits per heavy atom. The van der Waals surface area contributed by atoms with Crippen molar-refractivity contribution in [2.45, 2.75) is 40.7 Å². The lowest BCUT2D eigenvalue weighted by Gasteiger charge is -2.10. The van der Waals surface area contributed by atoms with Crippen LogP contribution in [-0.4, -0.2) is 14.9 Å². The second-order valence-corrected chi connectivity index (χ2v) is 5.44. The van der Waals surface area contributed by atoms with E-state index in [4.69, 9.17) is 0 Å². The second-order valence-electron chi connectivity index (χ2n) is 5.44. The fourth-order valence-corrected chi connectivity index (χ4v) is 2.22. The maximum Gasteiger partial charge on any atom is 0.164 e. The summed E-state index contributed by atoms with van der Waals surface area (Å²) in [6, 6.07) is 8.21. The van der Waals surface area contributed by atoms with E-state index >= 15 is 0 Å². The predicted molar refractivity (Wildman–Crippen MR) is 78.3 cm³/mol. The van der Waals surface area contributed by atoms with E-state index in [0.29, 0.717) is 11.7 Å². The summed E-state index contributed by atoms with van der Waals surface area (Å²) < 4.78 is 1.93. The highest BCUT2D eigenvalue weighted by atomic mass is 16.3. The Morgan fingerprint density at radius 3 is 2.37 bits per heavy atom. The van der Waals surface area contributed by atoms with Gasteiger partial charge in [-0.05, 0) is 19.3 Å². The van der Waals surface area contributed by atoms with E-state index in [1.54, 1.807) is 0 Å². The first-order valence-electron chi connectivity index (χ1n) is 6.88. The molecule has 0 atom stereocenters. The van der Waals surface area contributed by atoms with Gasteiger partial charge >= 0.3 is 0 Å². The van der Waals surface area contributed by atoms with Crippen molar-refractivity contribution in [2.75, 3.05) is 0 Å². The van der Waals surface area contributed by atoms with E-state index in [2.05, 4.69) is 38.0 Å². The number of rotatable bonds is 4. The molecule has 19 heavy (non-hydrogen) atoms. The summed E-state index contributed by atoms with van der Waals surface area (Å²) in [5.41, 5.74) is 3.85. The molecule has 0 aliphatic heterocycles. The van der Waals surface area contributed by atoms with Crippen molar-refractivity contribution in [3.8, 4) is 17.0 Å². The molecule has 0 aliphatic rings. The van der Waals surface area contributed by atoms with Gasteiger partial charge in [0, 0.05) is 12.1 Å². The van der Waals surface area contributed by atoms with Gasteiger partial charge in [0.1, 0.15) is 11.4 Å². The fraction of sp³-hybridized carbons (Fsp3) is 0.438. The van der Waals surface area contributed by atoms with Crippen LogP contribution < -0.4 is 0 Å². The minimum Gasteiger partial charge on any atom is -0.504 e. The number of hydrogen-bond donors (Lipinski definition) is 1. The number of aromatic hydroxyl groups is 1. The SMILES string of the molecule is CCc1nn(CC(C)C)c(-c2ccc(C)cc2)c1O. The van der Waals surface area contributed by atoms with Crippen molar-refractivity contribution in [3.63, 3.8) is 0 Å². The molecule has 0 unspecified atom stereocenters. The van der Waals surface area contributed by atoms with Gasteiger partial charge in [0.25, 0.3) is 0 Å². The highest BCUT2D eigenvalue weighted by Gasteiger charge is 2.18. The predicted octanol–water partition coefficient (Wildman–Crippen LogP) is 3.78. The summed E-state index contributed by atoms with van der Waals surface area (Å²) in [6.45, 7) is 9.20. The van der Waals surface area contributed by atoms with E-state index in [1.807, 2.05) is 23.7 Å². The Kier molecular flexibility index (Phi) is 3.93. The highest BCUT2D eigenvalue weighted by molar-refractivity contribution is 5.68. The number of nitrogens with zero attached hydrogens (tertiary/aromatic N) is 2. The molecule has 0 bridgehead atoms. The molecule has 1 aromatic heterocycles. The normalized spacial score (nSPS) is 11.2. The smallest absolute Gasteiger partial charge is 0.164 e. The number of aromatic nitrogens is 2. The molecule has 2 aromatic rings. The molecule has 102 valence electrons. The van der Waals surface area contributed by atoms with E-state index in [1.165, 1.54) is 5.56 Å². The minimum atomic E-state index is 0.326. The molecule has 0 spiro atoms. The van der Waals surface area contributed by atoms with Gasteiger partial charge in [-0.2, -0.15) is 5.10 Å². The molecule has 2 rings (SSSR count). The molecule has 3 nitrogen and oxygen atoms in total. The summed E-state index contributed by atoms with van der Waals surface area (Å²) in [6.07, 6.45) is 0.746. The molecule has 1 N–H and O–H groups in total. The van der Waals surface area contributed by atoms with Crippen molar-refractivity contribution < 1.29 is 5.11 Å². The molecule has 3 heteroatoms. The summed E-state index contributed by atoms with van der Waals surface area (Å²) >= 11 is 0. The molecule has 0 fully saturated rings. The monoisotopic (exact) mass is 258 g/mol. The van der Waals surface area contributed by atoms with Crippen LogP contribution in [0.2, 0.25) is 0 Å². The lowest BCUT2D eigenvalue weighted by atomic mass is 10.1. The molecule has 0 radical (unpaired) electrons. The first-order valence-corrected chi connectivity index (χ1v) is 6.88. The molecular formula is C16H22N2O. The van der Waals surface area contributed by atoms with Crippen LogP contribution in [0.1, 0.15) is 32.0 Å². The van der Waals surface area contributed by atoms with Crippen molar-refractivity contribution in [1.82, 2.24) is 9.78 Å². The average Bonchev–Trinajstić information content (AvgIpc) is 2.66. The Labute approximate surface area is 114 Å². The van der Waals surface area contributed by atoms with Crippen LogP contribution in [0.3, 0.4) is 0 Å². The van der Waals surface area contributed by atoms with Crippen molar-refractivity contribution >= 4 is 0 Å². The molecule has 0 aliphatic carbocycles. The molecular weight excluding hydrogens is 236 g/mol. The lowest BCUT2D eigenvalue weighted by molar-refractivity contribution is 0.466. The van der Waals surface area contributed by atoms with Gasteiger partial charge in [0.2, 0.25) is 0 Å². The van der Waals surface area contributed by atoms with Crippen LogP contribution in [0.5, 0.6) is 5.75 Å². The van der Waals surface area contributed by atoms with Crippen LogP contribution in [0.15, 0.2) is 24.3 Å². The second kappa shape index (κ2) is 5.47. The first kappa shape index (κ1) is 13.7. The largest absolute Gasteiger partial charge is 0.504 e. The van der Waals surface area contributed by atoms with E-state index < -0.39 is 0 Å². The topological polar surface area (TPSA) is 38.0 Å². The third kappa shape index (κ3) is 2.80. The van der Waals surface area contributed by atoms with Crippen LogP contribution in [0.25, 0.3) is 11.3 Å². The zero-order valence-electron chi connectivity index (χ0n) is 12.1. The van der Waals surface area contributed by atoms with Gasteiger partial charge < -0.3 is 5.11 Å². The Morgan fingerprint density at radius 2 is 1.84 bits per heavy atom. The van der Waals surface area contributed by atoms with Crippen LogP contribution in [0.4, 0.5) is 0 Å². The van der Waals surface area contributed by atoms with E-state index in [0.717, 1.165) is 29.9 Å². The van der Waals surface area contributed by atoms with Crippen molar-refractivity contribution in [3.05, 3.63) is 35.5 Å². The van der Waals surface area contributed by atoms with Gasteiger partial charge in [-0.25, -0.2) is 0 Å². The average molecular weight is 258 g/mol. The summed E-state index contributed by atoms with van der Waals surface area (Å²) in [7, 11) is 0. The van der Waals surface area contributed by atoms with Gasteiger partial charge in [0.05, 0.1) is 0 Å². The summed E-state index contributed by atoms with van der Waals surface area (Å²) in [5.74, 6) is 0.820. The zero-order chi connectivity index (χ0) is 14.0. The van der Waals surface area contributed by atoms with Crippen molar-refractivity contribution in [2.24, 2.45) is 5.92 Å². The summed E-state index contributed by atoms with van der Waals surface area (Å²) in [4.78, 5) is 0. The minimum absolute atomic E-state index is 0.326. The van der Waals surface area contributed by atoms with Gasteiger partial charge in [-0.15, -0.1) is 0 Å². The maximum atomic E-state index is 10.4. The number of benzene rings is 1. The van der Waals surface area contributed by atoms with Crippen LogP contribution in [0, 0.1) is 12.8 Å². The van der Waals surface area contributed by atoms with E-state index in [-0.39, 0.29) is 0 Å². The zero-order valence-corrected chi connectivity index (χ0v) is 12.1. The van der Waals surface area contributed by atoms with Crippen LogP contribution in [-0.2, 0) is 13.0 Å². The number of hydrogen-bond acceptors (Lipinski definition) is 2. The van der Waals surface area contributed by atoms with Crippen LogP contribution >= 0.6 is 0 Å². The first-order chi connectivity index (χ1) is 9.02. The molecule has 0 saturated carbocycles. The molecule has 1 aromatic carbocycles. The quantitative estimate of drug-likeness (QED) is 0.906. The Balaban J connectivity index is 2.53. The Bertz CT molecular complexity index is 553. The van der Waals surface area contributed by atoms with E-state index in [9.17, 15) is 5.11 Å². The number of aryl methyl sites for hydroxylation is 2. The van der Waals surface area contributed by atoms with Gasteiger partial charge in [-0.1, -0.05) is 50.6 Å². The third-order valence-electron chi connectivity index (χ3n) is 3.20. The van der Waals surface area contributed by atoms with Gasteiger partial charge in [-0.3, -0.25) is 4.68 Å². The molecule has 0 saturated heterocycles. The lowest BCUT2D eigenvalue weighted by Crippen LogP contribution is -2.08. The Hall–Kier alpha value is -1.77. The van der Waals surface area contributed by atoms with Crippen molar-refractivity contribution in [1.29, 1.82) is 0 Å². The fourth-order valence-electron chi connectivity index (χ4n) is 2.22. The molecule has 0 amide bonds. The molecule has 1 heterocycles. The summed E-state index contributed by atoms with van der Waals surface area (Å²) in [5, 5.41) is 14.9. The highest BCUT2D eigenvalue weighted by Crippen LogP contribution is 2.33. The maximum absolute atomic E-state index is 10.4. The standard InChI is InChI=1S/C16H22N2O/c1-5-14-16(19)15(18(17-14)10-11(2)3)13-8-6-12(4)7-9-13/h6-9,11,19H,5,10H2,1-4H3. The van der Waals surface area contributed by atoms with Gasteiger partial charge in [0.15, 0.2) is 5.75 Å².